The predicted molar refractivity (Wildman–Crippen MR) is 140 cm³/mol. The van der Waals surface area contributed by atoms with Crippen molar-refractivity contribution in [1.29, 1.82) is 0 Å². The third kappa shape index (κ3) is 3.48. The molecule has 0 bridgehead atoms. The van der Waals surface area contributed by atoms with E-state index in [2.05, 4.69) is 15.4 Å². The van der Waals surface area contributed by atoms with E-state index in [1.165, 1.54) is 12.8 Å². The molecule has 0 radical (unpaired) electrons. The number of likely N-dealkylation sites (tertiary alicyclic amines) is 2. The van der Waals surface area contributed by atoms with E-state index in [-0.39, 0.29) is 11.8 Å². The molecule has 2 aromatic heterocycles. The minimum absolute atomic E-state index is 0.0201. The van der Waals surface area contributed by atoms with Crippen LogP contribution in [0.25, 0.3) is 21.8 Å². The number of amides is 2. The molecule has 4 atom stereocenters. The molecule has 2 unspecified atom stereocenters. The monoisotopic (exact) mass is 508 g/mol. The summed E-state index contributed by atoms with van der Waals surface area (Å²) < 4.78 is 6.07. The number of nitrogens with zero attached hydrogens (tertiary/aromatic N) is 5. The average molecular weight is 509 g/mol. The Morgan fingerprint density at radius 1 is 0.842 bits per heavy atom. The molecule has 38 heavy (non-hydrogen) atoms. The summed E-state index contributed by atoms with van der Waals surface area (Å²) in [5.41, 5.74) is 2.56. The summed E-state index contributed by atoms with van der Waals surface area (Å²) in [4.78, 5) is 35.5. The molecule has 4 heterocycles. The van der Waals surface area contributed by atoms with Crippen molar-refractivity contribution in [3.63, 3.8) is 0 Å². The summed E-state index contributed by atoms with van der Waals surface area (Å²) in [6.07, 6.45) is 2.41. The van der Waals surface area contributed by atoms with Crippen LogP contribution in [-0.4, -0.2) is 74.8 Å². The highest BCUT2D eigenvalue weighted by molar-refractivity contribution is 5.99. The number of ether oxygens (including phenoxy) is 1. The van der Waals surface area contributed by atoms with Gasteiger partial charge in [0.1, 0.15) is 16.7 Å². The fourth-order valence-electron chi connectivity index (χ4n) is 6.89. The van der Waals surface area contributed by atoms with Gasteiger partial charge in [0, 0.05) is 37.1 Å². The van der Waals surface area contributed by atoms with E-state index in [0.29, 0.717) is 58.9 Å². The van der Waals surface area contributed by atoms with Gasteiger partial charge in [-0.3, -0.25) is 9.59 Å². The number of hydrogen-bond donors (Lipinski definition) is 1. The second-order valence-electron chi connectivity index (χ2n) is 11.4. The molecule has 4 fully saturated rings. The molecule has 9 nitrogen and oxygen atoms in total. The number of carbonyl (C=O) groups is 2. The fraction of sp³-hybridized carbons (Fsp3) is 0.414. The van der Waals surface area contributed by atoms with E-state index >= 15 is 0 Å². The quantitative estimate of drug-likeness (QED) is 0.443. The number of hydrogen-bond acceptors (Lipinski definition) is 6. The minimum atomic E-state index is -0.0201. The number of H-pyrrole nitrogens is 1. The van der Waals surface area contributed by atoms with Gasteiger partial charge in [0.05, 0.1) is 6.61 Å². The van der Waals surface area contributed by atoms with E-state index in [9.17, 15) is 9.59 Å². The van der Waals surface area contributed by atoms with Crippen LogP contribution in [0.2, 0.25) is 0 Å². The maximum Gasteiger partial charge on any atom is 0.272 e. The summed E-state index contributed by atoms with van der Waals surface area (Å²) in [6.45, 7) is 3.61. The van der Waals surface area contributed by atoms with Gasteiger partial charge in [0.15, 0.2) is 0 Å². The van der Waals surface area contributed by atoms with Crippen molar-refractivity contribution in [3.8, 4) is 5.88 Å². The Kier molecular flexibility index (Phi) is 4.78. The van der Waals surface area contributed by atoms with Crippen molar-refractivity contribution in [1.82, 2.24) is 30.2 Å². The van der Waals surface area contributed by atoms with Crippen LogP contribution >= 0.6 is 0 Å². The number of fused-ring (bicyclic) bond motifs is 6. The zero-order valence-electron chi connectivity index (χ0n) is 20.9. The lowest BCUT2D eigenvalue weighted by molar-refractivity contribution is 0.0629. The first-order valence-corrected chi connectivity index (χ1v) is 13.5. The van der Waals surface area contributed by atoms with Gasteiger partial charge in [0.2, 0.25) is 5.88 Å². The van der Waals surface area contributed by atoms with Crippen LogP contribution in [0.15, 0.2) is 48.5 Å². The summed E-state index contributed by atoms with van der Waals surface area (Å²) in [7, 11) is 0. The Labute approximate surface area is 219 Å². The summed E-state index contributed by atoms with van der Waals surface area (Å²) in [5.74, 6) is 2.97. The van der Waals surface area contributed by atoms with Crippen molar-refractivity contribution in [2.45, 2.75) is 12.8 Å². The highest BCUT2D eigenvalue weighted by Gasteiger charge is 2.59. The maximum absolute atomic E-state index is 13.6. The molecule has 2 aromatic carbocycles. The van der Waals surface area contributed by atoms with E-state index in [1.54, 1.807) is 0 Å². The van der Waals surface area contributed by atoms with Crippen LogP contribution in [0.1, 0.15) is 33.7 Å². The van der Waals surface area contributed by atoms with Crippen LogP contribution in [0.3, 0.4) is 0 Å². The number of aromatic amines is 1. The zero-order chi connectivity index (χ0) is 25.4. The molecule has 2 saturated carbocycles. The molecule has 4 aromatic rings. The number of carbonyl (C=O) groups excluding carboxylic acids is 2. The zero-order valence-corrected chi connectivity index (χ0v) is 20.9. The number of nitrogens with one attached hydrogen (secondary N) is 1. The van der Waals surface area contributed by atoms with Gasteiger partial charge in [-0.1, -0.05) is 18.2 Å². The number of rotatable bonds is 5. The first-order valence-electron chi connectivity index (χ1n) is 13.5. The lowest BCUT2D eigenvalue weighted by Gasteiger charge is -2.42. The van der Waals surface area contributed by atoms with Crippen molar-refractivity contribution < 1.29 is 14.3 Å². The van der Waals surface area contributed by atoms with E-state index in [0.717, 1.165) is 42.5 Å². The third-order valence-electron chi connectivity index (χ3n) is 9.14. The number of aromatic nitrogens is 4. The second-order valence-corrected chi connectivity index (χ2v) is 11.4. The maximum atomic E-state index is 13.6. The first-order chi connectivity index (χ1) is 18.6. The Morgan fingerprint density at radius 3 is 2.26 bits per heavy atom. The predicted octanol–water partition coefficient (Wildman–Crippen LogP) is 3.39. The largest absolute Gasteiger partial charge is 0.477 e. The van der Waals surface area contributed by atoms with Crippen molar-refractivity contribution in [2.75, 3.05) is 32.8 Å². The highest BCUT2D eigenvalue weighted by Crippen LogP contribution is 2.54. The van der Waals surface area contributed by atoms with Gasteiger partial charge in [-0.2, -0.15) is 15.4 Å². The molecule has 2 aliphatic heterocycles. The van der Waals surface area contributed by atoms with Gasteiger partial charge in [0.25, 0.3) is 11.8 Å². The van der Waals surface area contributed by atoms with Crippen molar-refractivity contribution in [3.05, 3.63) is 59.8 Å². The van der Waals surface area contributed by atoms with Crippen LogP contribution in [-0.2, 0) is 0 Å². The van der Waals surface area contributed by atoms with Gasteiger partial charge in [-0.15, -0.1) is 0 Å². The lowest BCUT2D eigenvalue weighted by Crippen LogP contribution is -2.44. The van der Waals surface area contributed by atoms with Crippen LogP contribution in [0.5, 0.6) is 5.88 Å². The molecular weight excluding hydrogens is 480 g/mol. The average Bonchev–Trinajstić information content (AvgIpc) is 3.33. The second kappa shape index (κ2) is 8.24. The number of pyridine rings is 1. The number of benzene rings is 2. The molecular formula is C29H28N6O3. The van der Waals surface area contributed by atoms with Gasteiger partial charge in [-0.05, 0) is 78.1 Å². The molecule has 4 aliphatic rings. The molecule has 0 spiro atoms. The lowest BCUT2D eigenvalue weighted by atomic mass is 9.60. The SMILES string of the molecule is O=C(c1ccc2n[nH]nc2c1)N1C[C@@H]2C3CN(C(=O)c4cc5ccccc5c(OCC5CC5)n4)CC3[C@@H]2C1. The molecule has 192 valence electrons. The normalized spacial score (nSPS) is 25.9. The van der Waals surface area contributed by atoms with Crippen molar-refractivity contribution >= 4 is 33.6 Å². The Hall–Kier alpha value is -4.01. The van der Waals surface area contributed by atoms with Gasteiger partial charge >= 0.3 is 0 Å². The molecule has 2 saturated heterocycles. The standard InChI is InChI=1S/C29H28N6O3/c36-28(18-7-8-24-25(10-18)32-33-31-24)34-11-20-21(12-34)23-14-35(13-22(20)23)29(37)26-9-17-3-1-2-4-19(17)27(30-26)38-15-16-5-6-16/h1-4,7-10,16,20-23H,5-6,11-15H2,(H,31,32,33)/t20-,21+,22?,23?. The third-order valence-corrected chi connectivity index (χ3v) is 9.14. The van der Waals surface area contributed by atoms with E-state index < -0.39 is 0 Å². The summed E-state index contributed by atoms with van der Waals surface area (Å²) >= 11 is 0. The summed E-state index contributed by atoms with van der Waals surface area (Å²) in [6, 6.07) is 15.3. The summed E-state index contributed by atoms with van der Waals surface area (Å²) in [5, 5.41) is 12.7. The molecule has 8 rings (SSSR count). The van der Waals surface area contributed by atoms with Crippen molar-refractivity contribution in [2.24, 2.45) is 29.6 Å². The van der Waals surface area contributed by atoms with E-state index in [1.807, 2.05) is 58.3 Å². The van der Waals surface area contributed by atoms with Gasteiger partial charge < -0.3 is 14.5 Å². The molecule has 2 aliphatic carbocycles. The first kappa shape index (κ1) is 22.0. The van der Waals surface area contributed by atoms with Crippen LogP contribution in [0.4, 0.5) is 0 Å². The fourth-order valence-corrected chi connectivity index (χ4v) is 6.89. The Bertz CT molecular complexity index is 1580. The smallest absolute Gasteiger partial charge is 0.272 e. The minimum Gasteiger partial charge on any atom is -0.477 e. The van der Waals surface area contributed by atoms with E-state index in [4.69, 9.17) is 9.72 Å². The van der Waals surface area contributed by atoms with Gasteiger partial charge in [-0.25, -0.2) is 4.98 Å². The van der Waals surface area contributed by atoms with Crippen LogP contribution < -0.4 is 4.74 Å². The highest BCUT2D eigenvalue weighted by atomic mass is 16.5. The Balaban J connectivity index is 0.969. The molecule has 2 amide bonds. The Morgan fingerprint density at radius 2 is 1.53 bits per heavy atom. The van der Waals surface area contributed by atoms with Crippen LogP contribution in [0, 0.1) is 29.6 Å². The molecule has 9 heteroatoms. The topological polar surface area (TPSA) is 104 Å². The molecule has 1 N–H and O–H groups in total.